The van der Waals surface area contributed by atoms with Crippen molar-refractivity contribution >= 4 is 33.2 Å². The fourth-order valence-corrected chi connectivity index (χ4v) is 4.55. The van der Waals surface area contributed by atoms with Crippen molar-refractivity contribution in [2.75, 3.05) is 22.2 Å². The van der Waals surface area contributed by atoms with E-state index in [1.165, 1.54) is 18.5 Å². The van der Waals surface area contributed by atoms with Crippen LogP contribution in [0.1, 0.15) is 32.1 Å². The molecule has 1 aliphatic carbocycles. The summed E-state index contributed by atoms with van der Waals surface area (Å²) < 4.78 is 23.9. The van der Waals surface area contributed by atoms with Gasteiger partial charge in [0.1, 0.15) is 5.82 Å². The van der Waals surface area contributed by atoms with E-state index in [9.17, 15) is 13.2 Å². The number of aromatic nitrogens is 3. The van der Waals surface area contributed by atoms with E-state index in [2.05, 4.69) is 20.3 Å². The smallest absolute Gasteiger partial charge is 0.328 e. The summed E-state index contributed by atoms with van der Waals surface area (Å²) in [6.07, 6.45) is 10.4. The van der Waals surface area contributed by atoms with Crippen LogP contribution < -0.4 is 16.0 Å². The number of nitrogens with zero attached hydrogens (tertiary/aromatic N) is 4. The maximum Gasteiger partial charge on any atom is 0.328 e. The number of carbonyl (C=O) groups is 1. The van der Waals surface area contributed by atoms with Crippen LogP contribution in [0.3, 0.4) is 0 Å². The molecule has 10 heteroatoms. The molecular formula is C23H26N6O3S. The number of amides is 2. The summed E-state index contributed by atoms with van der Waals surface area (Å²) in [6.45, 7) is 0. The SMILES string of the molecule is CS(=O)(=O)c1cncc(-c2ccc(N)c(N(C(=O)Nc3ccccn3)C3CCCCC3)n2)c1. The minimum absolute atomic E-state index is 0.0620. The fourth-order valence-electron chi connectivity index (χ4n) is 3.96. The first-order chi connectivity index (χ1) is 15.8. The molecule has 3 aromatic heterocycles. The van der Waals surface area contributed by atoms with E-state index >= 15 is 0 Å². The fraction of sp³-hybridized carbons (Fsp3) is 0.304. The Morgan fingerprint density at radius 1 is 1.12 bits per heavy atom. The molecule has 4 rings (SSSR count). The van der Waals surface area contributed by atoms with Gasteiger partial charge in [0.15, 0.2) is 15.7 Å². The summed E-state index contributed by atoms with van der Waals surface area (Å²) in [5.74, 6) is 0.765. The number of rotatable bonds is 5. The Hall–Kier alpha value is -3.53. The number of pyridine rings is 3. The van der Waals surface area contributed by atoms with Gasteiger partial charge in [-0.2, -0.15) is 0 Å². The molecule has 1 fully saturated rings. The van der Waals surface area contributed by atoms with Crippen molar-refractivity contribution in [3.8, 4) is 11.3 Å². The van der Waals surface area contributed by atoms with Crippen LogP contribution in [0.15, 0.2) is 59.9 Å². The maximum atomic E-state index is 13.4. The number of anilines is 3. The highest BCUT2D eigenvalue weighted by atomic mass is 32.2. The van der Waals surface area contributed by atoms with E-state index in [0.29, 0.717) is 28.6 Å². The van der Waals surface area contributed by atoms with Gasteiger partial charge >= 0.3 is 6.03 Å². The van der Waals surface area contributed by atoms with Gasteiger partial charge in [-0.05, 0) is 43.2 Å². The molecule has 2 amide bonds. The molecule has 172 valence electrons. The molecule has 0 saturated heterocycles. The molecule has 9 nitrogen and oxygen atoms in total. The van der Waals surface area contributed by atoms with Gasteiger partial charge in [-0.1, -0.05) is 25.3 Å². The van der Waals surface area contributed by atoms with Crippen molar-refractivity contribution in [2.45, 2.75) is 43.0 Å². The molecule has 33 heavy (non-hydrogen) atoms. The number of hydrogen-bond donors (Lipinski definition) is 2. The van der Waals surface area contributed by atoms with Crippen LogP contribution >= 0.6 is 0 Å². The lowest BCUT2D eigenvalue weighted by atomic mass is 9.94. The summed E-state index contributed by atoms with van der Waals surface area (Å²) in [6, 6.07) is 9.74. The second-order valence-corrected chi connectivity index (χ2v) is 10.1. The lowest BCUT2D eigenvalue weighted by Gasteiger charge is -2.34. The van der Waals surface area contributed by atoms with Crippen LogP contribution in [0.25, 0.3) is 11.3 Å². The Kier molecular flexibility index (Phi) is 6.55. The molecule has 0 aliphatic heterocycles. The monoisotopic (exact) mass is 466 g/mol. The predicted octanol–water partition coefficient (Wildman–Crippen LogP) is 3.90. The molecular weight excluding hydrogens is 440 g/mol. The van der Waals surface area contributed by atoms with Crippen molar-refractivity contribution in [2.24, 2.45) is 0 Å². The summed E-state index contributed by atoms with van der Waals surface area (Å²) in [5.41, 5.74) is 7.65. The van der Waals surface area contributed by atoms with Crippen molar-refractivity contribution in [1.29, 1.82) is 0 Å². The zero-order chi connectivity index (χ0) is 23.4. The molecule has 0 spiro atoms. The number of carbonyl (C=O) groups excluding carboxylic acids is 1. The molecule has 1 saturated carbocycles. The average molecular weight is 467 g/mol. The quantitative estimate of drug-likeness (QED) is 0.583. The first kappa shape index (κ1) is 22.7. The molecule has 1 aliphatic rings. The van der Waals surface area contributed by atoms with Crippen molar-refractivity contribution in [1.82, 2.24) is 15.0 Å². The van der Waals surface area contributed by atoms with E-state index in [-0.39, 0.29) is 17.0 Å². The largest absolute Gasteiger partial charge is 0.396 e. The summed E-state index contributed by atoms with van der Waals surface area (Å²) in [4.78, 5) is 28.0. The Bertz CT molecular complexity index is 1240. The van der Waals surface area contributed by atoms with Gasteiger partial charge in [-0.25, -0.2) is 23.2 Å². The van der Waals surface area contributed by atoms with Gasteiger partial charge in [0.05, 0.1) is 16.3 Å². The lowest BCUT2D eigenvalue weighted by Crippen LogP contribution is -2.45. The molecule has 0 unspecified atom stereocenters. The molecule has 0 aromatic carbocycles. The minimum atomic E-state index is -3.43. The summed E-state index contributed by atoms with van der Waals surface area (Å²) in [5, 5.41) is 2.84. The average Bonchev–Trinajstić information content (AvgIpc) is 2.81. The third kappa shape index (κ3) is 5.28. The maximum absolute atomic E-state index is 13.4. The molecule has 0 radical (unpaired) electrons. The van der Waals surface area contributed by atoms with Gasteiger partial charge in [0, 0.05) is 36.5 Å². The van der Waals surface area contributed by atoms with E-state index in [1.54, 1.807) is 41.4 Å². The van der Waals surface area contributed by atoms with E-state index in [0.717, 1.165) is 38.4 Å². The first-order valence-corrected chi connectivity index (χ1v) is 12.7. The van der Waals surface area contributed by atoms with E-state index in [1.807, 2.05) is 0 Å². The Labute approximate surface area is 193 Å². The number of hydrogen-bond acceptors (Lipinski definition) is 7. The third-order valence-corrected chi connectivity index (χ3v) is 6.71. The molecule has 3 heterocycles. The number of nitrogens with two attached hydrogens (primary N) is 1. The number of urea groups is 1. The molecule has 3 N–H and O–H groups in total. The summed E-state index contributed by atoms with van der Waals surface area (Å²) in [7, 11) is -3.43. The van der Waals surface area contributed by atoms with Crippen LogP contribution in [0.5, 0.6) is 0 Å². The number of nitrogens with one attached hydrogen (secondary N) is 1. The number of sulfone groups is 1. The van der Waals surface area contributed by atoms with Gasteiger partial charge in [-0.3, -0.25) is 15.2 Å². The van der Waals surface area contributed by atoms with Crippen LogP contribution in [0, 0.1) is 0 Å². The van der Waals surface area contributed by atoms with E-state index < -0.39 is 9.84 Å². The summed E-state index contributed by atoms with van der Waals surface area (Å²) >= 11 is 0. The standard InChI is InChI=1S/C23H26N6O3S/c1-33(31,32)18-13-16(14-25-15-18)20-11-10-19(24)22(27-20)29(17-7-3-2-4-8-17)23(30)28-21-9-5-6-12-26-21/h5-6,9-15,17H,2-4,7-8,24H2,1H3,(H,26,28,30). The first-order valence-electron chi connectivity index (χ1n) is 10.8. The second-order valence-electron chi connectivity index (χ2n) is 8.10. The van der Waals surface area contributed by atoms with Gasteiger partial charge in [-0.15, -0.1) is 0 Å². The highest BCUT2D eigenvalue weighted by Gasteiger charge is 2.30. The van der Waals surface area contributed by atoms with Gasteiger partial charge in [0.25, 0.3) is 0 Å². The molecule has 3 aromatic rings. The Morgan fingerprint density at radius 2 is 1.91 bits per heavy atom. The Balaban J connectivity index is 1.74. The predicted molar refractivity (Wildman–Crippen MR) is 128 cm³/mol. The number of nitrogen functional groups attached to an aromatic ring is 1. The van der Waals surface area contributed by atoms with Crippen molar-refractivity contribution < 1.29 is 13.2 Å². The highest BCUT2D eigenvalue weighted by Crippen LogP contribution is 2.32. The van der Waals surface area contributed by atoms with Crippen molar-refractivity contribution in [3.63, 3.8) is 0 Å². The molecule has 0 atom stereocenters. The third-order valence-electron chi connectivity index (χ3n) is 5.63. The van der Waals surface area contributed by atoms with Crippen LogP contribution in [0.4, 0.5) is 22.1 Å². The van der Waals surface area contributed by atoms with Crippen LogP contribution in [-0.4, -0.2) is 41.7 Å². The molecule has 0 bridgehead atoms. The van der Waals surface area contributed by atoms with Gasteiger partial charge < -0.3 is 5.73 Å². The zero-order valence-corrected chi connectivity index (χ0v) is 19.1. The van der Waals surface area contributed by atoms with E-state index in [4.69, 9.17) is 5.73 Å². The topological polar surface area (TPSA) is 131 Å². The van der Waals surface area contributed by atoms with Crippen LogP contribution in [0.2, 0.25) is 0 Å². The van der Waals surface area contributed by atoms with Gasteiger partial charge in [0.2, 0.25) is 0 Å². The van der Waals surface area contributed by atoms with Crippen molar-refractivity contribution in [3.05, 3.63) is 55.0 Å². The minimum Gasteiger partial charge on any atom is -0.396 e. The normalized spacial score (nSPS) is 14.6. The zero-order valence-electron chi connectivity index (χ0n) is 18.3. The van der Waals surface area contributed by atoms with Crippen LogP contribution in [-0.2, 0) is 9.84 Å². The highest BCUT2D eigenvalue weighted by molar-refractivity contribution is 7.90. The lowest BCUT2D eigenvalue weighted by molar-refractivity contribution is 0.252. The second kappa shape index (κ2) is 9.53. The Morgan fingerprint density at radius 3 is 2.61 bits per heavy atom.